The molecular formula is C11H13ClFN3O3. The topological polar surface area (TPSA) is 84.3 Å². The number of nitrogens with one attached hydrogen (secondary N) is 2. The summed E-state index contributed by atoms with van der Waals surface area (Å²) in [6.07, 6.45) is 0. The quantitative estimate of drug-likeness (QED) is 0.642. The SMILES string of the molecule is Cl.O=C(NCC1CNC1)c1ccc([N+](=O)[O-])cc1F. The van der Waals surface area contributed by atoms with Gasteiger partial charge in [-0.1, -0.05) is 0 Å². The van der Waals surface area contributed by atoms with E-state index in [1.54, 1.807) is 0 Å². The van der Waals surface area contributed by atoms with Crippen molar-refractivity contribution in [1.82, 2.24) is 10.6 Å². The molecule has 0 radical (unpaired) electrons. The molecule has 0 atom stereocenters. The summed E-state index contributed by atoms with van der Waals surface area (Å²) in [6.45, 7) is 2.15. The molecular weight excluding hydrogens is 277 g/mol. The Morgan fingerprint density at radius 1 is 1.53 bits per heavy atom. The van der Waals surface area contributed by atoms with Crippen LogP contribution in [-0.4, -0.2) is 30.5 Å². The van der Waals surface area contributed by atoms with Crippen molar-refractivity contribution in [2.45, 2.75) is 0 Å². The minimum Gasteiger partial charge on any atom is -0.352 e. The van der Waals surface area contributed by atoms with Gasteiger partial charge in [-0.2, -0.15) is 0 Å². The number of halogens is 2. The predicted octanol–water partition coefficient (Wildman–Crippen LogP) is 1.10. The highest BCUT2D eigenvalue weighted by Crippen LogP contribution is 2.16. The summed E-state index contributed by atoms with van der Waals surface area (Å²) in [5.74, 6) is -1.06. The number of nitro benzene ring substituents is 1. The van der Waals surface area contributed by atoms with Gasteiger partial charge in [0.05, 0.1) is 16.6 Å². The smallest absolute Gasteiger partial charge is 0.272 e. The second-order valence-electron chi connectivity index (χ2n) is 4.16. The van der Waals surface area contributed by atoms with E-state index in [9.17, 15) is 19.3 Å². The van der Waals surface area contributed by atoms with Crippen molar-refractivity contribution in [1.29, 1.82) is 0 Å². The van der Waals surface area contributed by atoms with Crippen molar-refractivity contribution in [3.63, 3.8) is 0 Å². The molecule has 1 aliphatic heterocycles. The minimum absolute atomic E-state index is 0. The molecule has 0 bridgehead atoms. The Balaban J connectivity index is 0.00000180. The maximum atomic E-state index is 13.5. The Labute approximate surface area is 114 Å². The number of carbonyl (C=O) groups is 1. The van der Waals surface area contributed by atoms with Crippen LogP contribution in [-0.2, 0) is 0 Å². The predicted molar refractivity (Wildman–Crippen MR) is 69.0 cm³/mol. The second kappa shape index (κ2) is 6.44. The highest BCUT2D eigenvalue weighted by atomic mass is 35.5. The molecule has 1 aromatic carbocycles. The molecule has 104 valence electrons. The summed E-state index contributed by atoms with van der Waals surface area (Å²) in [4.78, 5) is 21.4. The number of carbonyl (C=O) groups excluding carboxylic acids is 1. The first-order valence-electron chi connectivity index (χ1n) is 5.51. The third-order valence-corrected chi connectivity index (χ3v) is 2.83. The lowest BCUT2D eigenvalue weighted by molar-refractivity contribution is -0.385. The van der Waals surface area contributed by atoms with Crippen LogP contribution in [0.1, 0.15) is 10.4 Å². The summed E-state index contributed by atoms with van der Waals surface area (Å²) in [5.41, 5.74) is -0.542. The Bertz CT molecular complexity index is 494. The van der Waals surface area contributed by atoms with Crippen LogP contribution in [0.4, 0.5) is 10.1 Å². The average Bonchev–Trinajstić information content (AvgIpc) is 2.26. The number of benzene rings is 1. The van der Waals surface area contributed by atoms with E-state index >= 15 is 0 Å². The van der Waals surface area contributed by atoms with Gasteiger partial charge in [0.2, 0.25) is 0 Å². The highest BCUT2D eigenvalue weighted by Gasteiger charge is 2.20. The molecule has 6 nitrogen and oxygen atoms in total. The van der Waals surface area contributed by atoms with Crippen LogP contribution in [0, 0.1) is 21.8 Å². The van der Waals surface area contributed by atoms with Crippen LogP contribution in [0.5, 0.6) is 0 Å². The highest BCUT2D eigenvalue weighted by molar-refractivity contribution is 5.94. The molecule has 2 rings (SSSR count). The third-order valence-electron chi connectivity index (χ3n) is 2.83. The number of nitrogens with zero attached hydrogens (tertiary/aromatic N) is 1. The lowest BCUT2D eigenvalue weighted by Gasteiger charge is -2.27. The van der Waals surface area contributed by atoms with Gasteiger partial charge in [-0.05, 0) is 6.07 Å². The number of amides is 1. The minimum atomic E-state index is -0.881. The number of rotatable bonds is 4. The molecule has 1 saturated heterocycles. The van der Waals surface area contributed by atoms with Crippen LogP contribution in [0.15, 0.2) is 18.2 Å². The molecule has 2 N–H and O–H groups in total. The number of hydrogen-bond donors (Lipinski definition) is 2. The van der Waals surface area contributed by atoms with Gasteiger partial charge in [0, 0.05) is 31.6 Å². The van der Waals surface area contributed by atoms with Crippen LogP contribution >= 0.6 is 12.4 Å². The maximum absolute atomic E-state index is 13.5. The molecule has 0 aliphatic carbocycles. The summed E-state index contributed by atoms with van der Waals surface area (Å²) in [6, 6.07) is 2.99. The van der Waals surface area contributed by atoms with E-state index in [0.29, 0.717) is 12.5 Å². The molecule has 1 heterocycles. The first-order valence-corrected chi connectivity index (χ1v) is 5.51. The molecule has 0 saturated carbocycles. The van der Waals surface area contributed by atoms with Crippen molar-refractivity contribution in [2.24, 2.45) is 5.92 Å². The monoisotopic (exact) mass is 289 g/mol. The average molecular weight is 290 g/mol. The van der Waals surface area contributed by atoms with E-state index in [2.05, 4.69) is 10.6 Å². The fourth-order valence-electron chi connectivity index (χ4n) is 1.63. The molecule has 1 fully saturated rings. The van der Waals surface area contributed by atoms with Gasteiger partial charge >= 0.3 is 0 Å². The van der Waals surface area contributed by atoms with Crippen LogP contribution < -0.4 is 10.6 Å². The van der Waals surface area contributed by atoms with Crippen molar-refractivity contribution in [3.8, 4) is 0 Å². The largest absolute Gasteiger partial charge is 0.352 e. The fourth-order valence-corrected chi connectivity index (χ4v) is 1.63. The Hall–Kier alpha value is -1.73. The Morgan fingerprint density at radius 3 is 2.68 bits per heavy atom. The van der Waals surface area contributed by atoms with Crippen molar-refractivity contribution >= 4 is 24.0 Å². The molecule has 0 unspecified atom stereocenters. The summed E-state index contributed by atoms with van der Waals surface area (Å²) >= 11 is 0. The second-order valence-corrected chi connectivity index (χ2v) is 4.16. The van der Waals surface area contributed by atoms with Crippen LogP contribution in [0.2, 0.25) is 0 Å². The third kappa shape index (κ3) is 3.62. The van der Waals surface area contributed by atoms with Gasteiger partial charge in [-0.3, -0.25) is 14.9 Å². The molecule has 1 amide bonds. The van der Waals surface area contributed by atoms with Crippen LogP contribution in [0.3, 0.4) is 0 Å². The van der Waals surface area contributed by atoms with E-state index in [0.717, 1.165) is 31.3 Å². The van der Waals surface area contributed by atoms with E-state index in [1.807, 2.05) is 0 Å². The zero-order valence-corrected chi connectivity index (χ0v) is 10.7. The van der Waals surface area contributed by atoms with E-state index in [-0.39, 0.29) is 23.7 Å². The number of hydrogen-bond acceptors (Lipinski definition) is 4. The van der Waals surface area contributed by atoms with Crippen LogP contribution in [0.25, 0.3) is 0 Å². The molecule has 0 aromatic heterocycles. The zero-order chi connectivity index (χ0) is 13.1. The van der Waals surface area contributed by atoms with Gasteiger partial charge in [0.25, 0.3) is 11.6 Å². The molecule has 0 spiro atoms. The normalized spacial score (nSPS) is 14.2. The van der Waals surface area contributed by atoms with Crippen molar-refractivity contribution < 1.29 is 14.1 Å². The first kappa shape index (κ1) is 15.3. The lowest BCUT2D eigenvalue weighted by atomic mass is 10.0. The maximum Gasteiger partial charge on any atom is 0.272 e. The molecule has 8 heteroatoms. The molecule has 19 heavy (non-hydrogen) atoms. The number of nitro groups is 1. The van der Waals surface area contributed by atoms with E-state index < -0.39 is 16.6 Å². The van der Waals surface area contributed by atoms with Crippen molar-refractivity contribution in [3.05, 3.63) is 39.7 Å². The summed E-state index contributed by atoms with van der Waals surface area (Å²) in [7, 11) is 0. The van der Waals surface area contributed by atoms with E-state index in [4.69, 9.17) is 0 Å². The van der Waals surface area contributed by atoms with Gasteiger partial charge < -0.3 is 10.6 Å². The number of non-ortho nitro benzene ring substituents is 1. The van der Waals surface area contributed by atoms with Gasteiger partial charge in [-0.25, -0.2) is 4.39 Å². The molecule has 1 aliphatic rings. The van der Waals surface area contributed by atoms with Gasteiger partial charge in [-0.15, -0.1) is 12.4 Å². The lowest BCUT2D eigenvalue weighted by Crippen LogP contribution is -2.48. The zero-order valence-electron chi connectivity index (χ0n) is 9.89. The van der Waals surface area contributed by atoms with Gasteiger partial charge in [0.1, 0.15) is 5.82 Å². The first-order chi connectivity index (χ1) is 8.58. The fraction of sp³-hybridized carbons (Fsp3) is 0.364. The Kier molecular flexibility index (Phi) is 5.20. The van der Waals surface area contributed by atoms with Gasteiger partial charge in [0.15, 0.2) is 0 Å². The van der Waals surface area contributed by atoms with E-state index in [1.165, 1.54) is 0 Å². The van der Waals surface area contributed by atoms with Crippen molar-refractivity contribution in [2.75, 3.05) is 19.6 Å². The Morgan fingerprint density at radius 2 is 2.21 bits per heavy atom. The molecule has 1 aromatic rings. The summed E-state index contributed by atoms with van der Waals surface area (Å²) in [5, 5.41) is 16.1. The summed E-state index contributed by atoms with van der Waals surface area (Å²) < 4.78 is 13.5. The standard InChI is InChI=1S/C11H12FN3O3.ClH/c12-10-3-8(15(17)18)1-2-9(10)11(16)14-6-7-4-13-5-7;/h1-3,7,13H,4-6H2,(H,14,16);1H.